The Morgan fingerprint density at radius 3 is 2.41 bits per heavy atom. The van der Waals surface area contributed by atoms with E-state index in [1.165, 1.54) is 12.1 Å². The Labute approximate surface area is 126 Å². The average molecular weight is 307 g/mol. The molecule has 1 aliphatic rings. The fourth-order valence-corrected chi connectivity index (χ4v) is 2.40. The maximum absolute atomic E-state index is 12.6. The van der Waals surface area contributed by atoms with Crippen LogP contribution in [-0.2, 0) is 12.7 Å². The lowest BCUT2D eigenvalue weighted by molar-refractivity contribution is -0.137. The number of aromatic nitrogens is 2. The maximum Gasteiger partial charge on any atom is 0.416 e. The molecule has 22 heavy (non-hydrogen) atoms. The van der Waals surface area contributed by atoms with Gasteiger partial charge in [-0.15, -0.1) is 0 Å². The van der Waals surface area contributed by atoms with Gasteiger partial charge in [0.1, 0.15) is 0 Å². The smallest absolute Gasteiger partial charge is 0.316 e. The minimum absolute atomic E-state index is 0.458. The van der Waals surface area contributed by atoms with Crippen LogP contribution in [-0.4, -0.2) is 17.0 Å². The Morgan fingerprint density at radius 1 is 1.18 bits per heavy atom. The van der Waals surface area contributed by atoms with Crippen molar-refractivity contribution in [3.05, 3.63) is 47.3 Å². The van der Waals surface area contributed by atoms with Crippen molar-refractivity contribution < 1.29 is 13.2 Å². The van der Waals surface area contributed by atoms with Crippen LogP contribution in [0, 0.1) is 0 Å². The van der Waals surface area contributed by atoms with Gasteiger partial charge in [-0.25, -0.2) is 9.97 Å². The topological polar surface area (TPSA) is 37.8 Å². The van der Waals surface area contributed by atoms with Crippen LogP contribution in [0.2, 0.25) is 0 Å². The molecule has 1 saturated carbocycles. The maximum atomic E-state index is 12.6. The van der Waals surface area contributed by atoms with Crippen LogP contribution >= 0.6 is 0 Å². The number of rotatable bonds is 4. The Morgan fingerprint density at radius 2 is 1.86 bits per heavy atom. The van der Waals surface area contributed by atoms with E-state index in [-0.39, 0.29) is 0 Å². The summed E-state index contributed by atoms with van der Waals surface area (Å²) in [7, 11) is 1.86. The summed E-state index contributed by atoms with van der Waals surface area (Å²) in [6.07, 6.45) is -0.334. The van der Waals surface area contributed by atoms with Gasteiger partial charge in [-0.2, -0.15) is 13.2 Å². The van der Waals surface area contributed by atoms with Crippen molar-refractivity contribution in [1.82, 2.24) is 15.3 Å². The molecule has 3 nitrogen and oxygen atoms in total. The van der Waals surface area contributed by atoms with Crippen LogP contribution in [0.5, 0.6) is 0 Å². The molecule has 0 bridgehead atoms. The summed E-state index contributed by atoms with van der Waals surface area (Å²) in [5.74, 6) is 0.940. The van der Waals surface area contributed by atoms with Gasteiger partial charge in [0.05, 0.1) is 11.3 Å². The summed E-state index contributed by atoms with van der Waals surface area (Å²) in [4.78, 5) is 8.88. The fourth-order valence-electron chi connectivity index (χ4n) is 2.40. The number of hydrogen-bond donors (Lipinski definition) is 1. The van der Waals surface area contributed by atoms with Crippen molar-refractivity contribution in [3.63, 3.8) is 0 Å². The third kappa shape index (κ3) is 3.11. The van der Waals surface area contributed by atoms with E-state index in [0.29, 0.717) is 23.9 Å². The first-order valence-electron chi connectivity index (χ1n) is 7.17. The first kappa shape index (κ1) is 15.0. The van der Waals surface area contributed by atoms with Gasteiger partial charge in [0, 0.05) is 29.8 Å². The van der Waals surface area contributed by atoms with Crippen molar-refractivity contribution in [2.75, 3.05) is 7.05 Å². The van der Waals surface area contributed by atoms with Crippen molar-refractivity contribution >= 4 is 0 Å². The van der Waals surface area contributed by atoms with Crippen molar-refractivity contribution in [2.24, 2.45) is 0 Å². The number of halogens is 3. The quantitative estimate of drug-likeness (QED) is 0.934. The second-order valence-corrected chi connectivity index (χ2v) is 5.48. The highest BCUT2D eigenvalue weighted by molar-refractivity contribution is 5.56. The van der Waals surface area contributed by atoms with Crippen molar-refractivity contribution in [3.8, 4) is 11.4 Å². The second-order valence-electron chi connectivity index (χ2n) is 5.48. The summed E-state index contributed by atoms with van der Waals surface area (Å²) >= 11 is 0. The fraction of sp³-hybridized carbons (Fsp3) is 0.375. The normalized spacial score (nSPS) is 15.1. The Hall–Kier alpha value is -1.95. The first-order chi connectivity index (χ1) is 10.5. The van der Waals surface area contributed by atoms with Crippen LogP contribution in [0.15, 0.2) is 30.5 Å². The van der Waals surface area contributed by atoms with Gasteiger partial charge in [0.15, 0.2) is 5.82 Å². The zero-order valence-electron chi connectivity index (χ0n) is 12.1. The molecule has 1 fully saturated rings. The Balaban J connectivity index is 1.93. The highest BCUT2D eigenvalue weighted by atomic mass is 19.4. The van der Waals surface area contributed by atoms with Crippen molar-refractivity contribution in [2.45, 2.75) is 31.5 Å². The largest absolute Gasteiger partial charge is 0.416 e. The van der Waals surface area contributed by atoms with Gasteiger partial charge < -0.3 is 5.32 Å². The van der Waals surface area contributed by atoms with Gasteiger partial charge in [0.25, 0.3) is 0 Å². The monoisotopic (exact) mass is 307 g/mol. The zero-order chi connectivity index (χ0) is 15.7. The number of benzene rings is 1. The predicted molar refractivity (Wildman–Crippen MR) is 77.2 cm³/mol. The highest BCUT2D eigenvalue weighted by Crippen LogP contribution is 2.41. The van der Waals surface area contributed by atoms with Gasteiger partial charge in [0.2, 0.25) is 0 Å². The molecular formula is C16H16F3N3. The standard InChI is InChI=1S/C16H16F3N3/c1-20-8-12-9-21-15(22-14(12)10-2-3-10)11-4-6-13(7-5-11)16(17,18)19/h4-7,9-10,20H,2-3,8H2,1H3. The van der Waals surface area contributed by atoms with Gasteiger partial charge >= 0.3 is 6.18 Å². The van der Waals surface area contributed by atoms with E-state index in [4.69, 9.17) is 0 Å². The summed E-state index contributed by atoms with van der Waals surface area (Å²) in [5, 5.41) is 3.09. The molecule has 1 aliphatic carbocycles. The third-order valence-corrected chi connectivity index (χ3v) is 3.70. The van der Waals surface area contributed by atoms with E-state index in [0.717, 1.165) is 36.2 Å². The van der Waals surface area contributed by atoms with E-state index in [1.54, 1.807) is 6.20 Å². The molecule has 6 heteroatoms. The number of alkyl halides is 3. The molecule has 0 aliphatic heterocycles. The molecule has 0 saturated heterocycles. The van der Waals surface area contributed by atoms with Gasteiger partial charge in [-0.05, 0) is 32.0 Å². The van der Waals surface area contributed by atoms with E-state index in [1.807, 2.05) is 7.05 Å². The van der Waals surface area contributed by atoms with Gasteiger partial charge in [-0.3, -0.25) is 0 Å². The molecule has 0 spiro atoms. The molecule has 0 atom stereocenters. The third-order valence-electron chi connectivity index (χ3n) is 3.70. The summed E-state index contributed by atoms with van der Waals surface area (Å²) < 4.78 is 37.8. The van der Waals surface area contributed by atoms with E-state index >= 15 is 0 Å². The van der Waals surface area contributed by atoms with Crippen LogP contribution in [0.4, 0.5) is 13.2 Å². The van der Waals surface area contributed by atoms with Crippen molar-refractivity contribution in [1.29, 1.82) is 0 Å². The molecule has 0 unspecified atom stereocenters. The molecule has 1 aromatic heterocycles. The molecule has 2 aromatic rings. The van der Waals surface area contributed by atoms with Crippen LogP contribution < -0.4 is 5.32 Å². The summed E-state index contributed by atoms with van der Waals surface area (Å²) in [5.41, 5.74) is 2.01. The number of hydrogen-bond acceptors (Lipinski definition) is 3. The molecule has 1 N–H and O–H groups in total. The lowest BCUT2D eigenvalue weighted by Gasteiger charge is -2.10. The summed E-state index contributed by atoms with van der Waals surface area (Å²) in [6, 6.07) is 4.98. The first-order valence-corrected chi connectivity index (χ1v) is 7.17. The highest BCUT2D eigenvalue weighted by Gasteiger charge is 2.30. The average Bonchev–Trinajstić information content (AvgIpc) is 3.32. The lowest BCUT2D eigenvalue weighted by atomic mass is 10.1. The van der Waals surface area contributed by atoms with E-state index in [9.17, 15) is 13.2 Å². The molecule has 0 radical (unpaired) electrons. The minimum atomic E-state index is -4.32. The van der Waals surface area contributed by atoms with Gasteiger partial charge in [-0.1, -0.05) is 12.1 Å². The molecule has 1 aromatic carbocycles. The Kier molecular flexibility index (Phi) is 3.87. The molecule has 1 heterocycles. The SMILES string of the molecule is CNCc1cnc(-c2ccc(C(F)(F)F)cc2)nc1C1CC1. The zero-order valence-corrected chi connectivity index (χ0v) is 12.1. The molecule has 116 valence electrons. The van der Waals surface area contributed by atoms with Crippen LogP contribution in [0.25, 0.3) is 11.4 Å². The minimum Gasteiger partial charge on any atom is -0.316 e. The van der Waals surface area contributed by atoms with Crippen LogP contribution in [0.1, 0.15) is 35.6 Å². The Bertz CT molecular complexity index is 661. The molecule has 0 amide bonds. The number of nitrogens with one attached hydrogen (secondary N) is 1. The lowest BCUT2D eigenvalue weighted by Crippen LogP contribution is -2.10. The number of nitrogens with zero attached hydrogens (tertiary/aromatic N) is 2. The second kappa shape index (κ2) is 5.68. The van der Waals surface area contributed by atoms with Crippen LogP contribution in [0.3, 0.4) is 0 Å². The molecule has 3 rings (SSSR count). The summed E-state index contributed by atoms with van der Waals surface area (Å²) in [6.45, 7) is 0.694. The van der Waals surface area contributed by atoms with E-state index in [2.05, 4.69) is 15.3 Å². The molecular weight excluding hydrogens is 291 g/mol. The van der Waals surface area contributed by atoms with E-state index < -0.39 is 11.7 Å². The predicted octanol–water partition coefficient (Wildman–Crippen LogP) is 3.76.